The van der Waals surface area contributed by atoms with Crippen LogP contribution in [0.5, 0.6) is 5.75 Å². The molecule has 0 aromatic heterocycles. The second-order valence-electron chi connectivity index (χ2n) is 7.51. The highest BCUT2D eigenvalue weighted by atomic mass is 32.2. The standard InChI is InChI=1S/C23H27N3O4S/c1-23(13-12-17-8-10-18(30-2)11-9-17)21(28)26(22(29)25-23)16-20(27)24-14-15-31-19-6-4-3-5-7-19/h3-11H,12-16H2,1-2H3,(H,24,27)(H,25,29)/t23-/m0/s1. The molecular weight excluding hydrogens is 414 g/mol. The Bertz CT molecular complexity index is 920. The summed E-state index contributed by atoms with van der Waals surface area (Å²) in [6.45, 7) is 1.88. The third kappa shape index (κ3) is 6.01. The fourth-order valence-corrected chi connectivity index (χ4v) is 4.11. The van der Waals surface area contributed by atoms with E-state index in [9.17, 15) is 14.4 Å². The number of hydrogen-bond donors (Lipinski definition) is 2. The number of nitrogens with zero attached hydrogens (tertiary/aromatic N) is 1. The van der Waals surface area contributed by atoms with E-state index >= 15 is 0 Å². The summed E-state index contributed by atoms with van der Waals surface area (Å²) >= 11 is 1.63. The van der Waals surface area contributed by atoms with Crippen molar-refractivity contribution in [3.8, 4) is 5.75 Å². The van der Waals surface area contributed by atoms with Crippen molar-refractivity contribution < 1.29 is 19.1 Å². The van der Waals surface area contributed by atoms with E-state index in [0.717, 1.165) is 21.1 Å². The number of benzene rings is 2. The molecule has 0 bridgehead atoms. The molecule has 2 N–H and O–H groups in total. The maximum absolute atomic E-state index is 12.8. The van der Waals surface area contributed by atoms with Crippen molar-refractivity contribution in [3.05, 3.63) is 60.2 Å². The minimum atomic E-state index is -1.03. The van der Waals surface area contributed by atoms with Gasteiger partial charge in [0.05, 0.1) is 7.11 Å². The first-order valence-corrected chi connectivity index (χ1v) is 11.1. The number of hydrogen-bond acceptors (Lipinski definition) is 5. The molecular formula is C23H27N3O4S. The second kappa shape index (κ2) is 10.3. The van der Waals surface area contributed by atoms with E-state index in [1.807, 2.05) is 54.6 Å². The number of methoxy groups -OCH3 is 1. The fourth-order valence-electron chi connectivity index (χ4n) is 3.32. The number of nitrogens with one attached hydrogen (secondary N) is 2. The van der Waals surface area contributed by atoms with Gasteiger partial charge in [0.15, 0.2) is 0 Å². The summed E-state index contributed by atoms with van der Waals surface area (Å²) in [6.07, 6.45) is 1.05. The van der Waals surface area contributed by atoms with Crippen molar-refractivity contribution in [2.45, 2.75) is 30.2 Å². The number of aryl methyl sites for hydroxylation is 1. The number of thioether (sulfide) groups is 1. The Morgan fingerprint density at radius 2 is 1.84 bits per heavy atom. The quantitative estimate of drug-likeness (QED) is 0.336. The normalized spacial score (nSPS) is 18.1. The number of imide groups is 1. The van der Waals surface area contributed by atoms with E-state index in [1.165, 1.54) is 0 Å². The fraction of sp³-hybridized carbons (Fsp3) is 0.348. The summed E-state index contributed by atoms with van der Waals surface area (Å²) in [7, 11) is 1.61. The summed E-state index contributed by atoms with van der Waals surface area (Å²) in [5.41, 5.74) is 0.0108. The molecule has 3 rings (SSSR count). The first-order valence-electron chi connectivity index (χ1n) is 10.1. The highest BCUT2D eigenvalue weighted by Crippen LogP contribution is 2.24. The molecule has 8 heteroatoms. The molecule has 1 saturated heterocycles. The van der Waals surface area contributed by atoms with Gasteiger partial charge in [-0.15, -0.1) is 11.8 Å². The summed E-state index contributed by atoms with van der Waals surface area (Å²) in [5, 5.41) is 5.52. The molecule has 0 unspecified atom stereocenters. The number of urea groups is 1. The third-order valence-corrected chi connectivity index (χ3v) is 6.17. The molecule has 7 nitrogen and oxygen atoms in total. The van der Waals surface area contributed by atoms with E-state index in [1.54, 1.807) is 25.8 Å². The molecule has 31 heavy (non-hydrogen) atoms. The van der Waals surface area contributed by atoms with Crippen LogP contribution in [-0.4, -0.2) is 54.2 Å². The Balaban J connectivity index is 1.46. The Kier molecular flexibility index (Phi) is 7.57. The molecule has 1 atom stereocenters. The van der Waals surface area contributed by atoms with Crippen molar-refractivity contribution in [2.75, 3.05) is 26.0 Å². The van der Waals surface area contributed by atoms with Crippen LogP contribution in [0.1, 0.15) is 18.9 Å². The van der Waals surface area contributed by atoms with Crippen molar-refractivity contribution >= 4 is 29.6 Å². The van der Waals surface area contributed by atoms with Crippen LogP contribution < -0.4 is 15.4 Å². The summed E-state index contributed by atoms with van der Waals surface area (Å²) < 4.78 is 5.15. The number of carbonyl (C=O) groups is 3. The topological polar surface area (TPSA) is 87.7 Å². The van der Waals surface area contributed by atoms with E-state index in [-0.39, 0.29) is 18.4 Å². The average molecular weight is 442 g/mol. The van der Waals surface area contributed by atoms with Gasteiger partial charge in [-0.3, -0.25) is 14.5 Å². The molecule has 4 amide bonds. The zero-order valence-corrected chi connectivity index (χ0v) is 18.5. The molecule has 0 saturated carbocycles. The van der Waals surface area contributed by atoms with Gasteiger partial charge in [0.25, 0.3) is 5.91 Å². The van der Waals surface area contributed by atoms with Crippen LogP contribution in [0, 0.1) is 0 Å². The SMILES string of the molecule is COc1ccc(CC[C@]2(C)NC(=O)N(CC(=O)NCCSc3ccccc3)C2=O)cc1. The molecule has 2 aromatic rings. The first-order chi connectivity index (χ1) is 14.9. The van der Waals surface area contributed by atoms with Gasteiger partial charge in [0.1, 0.15) is 17.8 Å². The van der Waals surface area contributed by atoms with Crippen molar-refractivity contribution in [2.24, 2.45) is 0 Å². The van der Waals surface area contributed by atoms with Gasteiger partial charge in [0.2, 0.25) is 5.91 Å². The lowest BCUT2D eigenvalue weighted by Gasteiger charge is -2.21. The average Bonchev–Trinajstić information content (AvgIpc) is 2.99. The van der Waals surface area contributed by atoms with E-state index in [0.29, 0.717) is 25.1 Å². The second-order valence-corrected chi connectivity index (χ2v) is 8.68. The lowest BCUT2D eigenvalue weighted by molar-refractivity contribution is -0.134. The largest absolute Gasteiger partial charge is 0.497 e. The molecule has 1 fully saturated rings. The van der Waals surface area contributed by atoms with E-state index < -0.39 is 11.6 Å². The maximum Gasteiger partial charge on any atom is 0.325 e. The predicted molar refractivity (Wildman–Crippen MR) is 120 cm³/mol. The molecule has 1 heterocycles. The predicted octanol–water partition coefficient (Wildman–Crippen LogP) is 2.85. The van der Waals surface area contributed by atoms with Crippen LogP contribution in [0.3, 0.4) is 0 Å². The van der Waals surface area contributed by atoms with Gasteiger partial charge >= 0.3 is 6.03 Å². The third-order valence-electron chi connectivity index (χ3n) is 5.16. The minimum Gasteiger partial charge on any atom is -0.497 e. The zero-order valence-electron chi connectivity index (χ0n) is 17.7. The number of amides is 4. The van der Waals surface area contributed by atoms with Gasteiger partial charge in [0, 0.05) is 17.2 Å². The summed E-state index contributed by atoms with van der Waals surface area (Å²) in [5.74, 6) is 0.742. The van der Waals surface area contributed by atoms with Crippen LogP contribution >= 0.6 is 11.8 Å². The molecule has 0 spiro atoms. The monoisotopic (exact) mass is 441 g/mol. The van der Waals surface area contributed by atoms with Gasteiger partial charge in [-0.05, 0) is 49.6 Å². The van der Waals surface area contributed by atoms with Crippen LogP contribution in [0.2, 0.25) is 0 Å². The molecule has 2 aromatic carbocycles. The Morgan fingerprint density at radius 1 is 1.13 bits per heavy atom. The van der Waals surface area contributed by atoms with Crippen LogP contribution in [0.25, 0.3) is 0 Å². The Morgan fingerprint density at radius 3 is 2.52 bits per heavy atom. The molecule has 0 aliphatic carbocycles. The summed E-state index contributed by atoms with van der Waals surface area (Å²) in [6, 6.07) is 16.9. The van der Waals surface area contributed by atoms with Crippen LogP contribution in [-0.2, 0) is 16.0 Å². The smallest absolute Gasteiger partial charge is 0.325 e. The van der Waals surface area contributed by atoms with Gasteiger partial charge in [-0.25, -0.2) is 4.79 Å². The zero-order chi connectivity index (χ0) is 22.3. The number of carbonyl (C=O) groups excluding carboxylic acids is 3. The number of ether oxygens (including phenoxy) is 1. The van der Waals surface area contributed by atoms with Crippen molar-refractivity contribution in [1.82, 2.24) is 15.5 Å². The molecule has 164 valence electrons. The van der Waals surface area contributed by atoms with E-state index in [2.05, 4.69) is 10.6 Å². The first kappa shape index (κ1) is 22.7. The van der Waals surface area contributed by atoms with E-state index in [4.69, 9.17) is 4.74 Å². The molecule has 1 aliphatic heterocycles. The highest BCUT2D eigenvalue weighted by Gasteiger charge is 2.47. The molecule has 0 radical (unpaired) electrons. The Labute approximate surface area is 186 Å². The van der Waals surface area contributed by atoms with Crippen molar-refractivity contribution in [3.63, 3.8) is 0 Å². The minimum absolute atomic E-state index is 0.279. The van der Waals surface area contributed by atoms with Crippen LogP contribution in [0.4, 0.5) is 4.79 Å². The van der Waals surface area contributed by atoms with Crippen molar-refractivity contribution in [1.29, 1.82) is 0 Å². The summed E-state index contributed by atoms with van der Waals surface area (Å²) in [4.78, 5) is 39.6. The Hall–Kier alpha value is -3.00. The lowest BCUT2D eigenvalue weighted by Crippen LogP contribution is -2.45. The van der Waals surface area contributed by atoms with Gasteiger partial charge in [-0.1, -0.05) is 30.3 Å². The van der Waals surface area contributed by atoms with Gasteiger partial charge < -0.3 is 15.4 Å². The lowest BCUT2D eigenvalue weighted by atomic mass is 9.93. The van der Waals surface area contributed by atoms with Crippen LogP contribution in [0.15, 0.2) is 59.5 Å². The maximum atomic E-state index is 12.8. The molecule has 1 aliphatic rings. The number of rotatable bonds is 10. The van der Waals surface area contributed by atoms with Gasteiger partial charge in [-0.2, -0.15) is 0 Å². The highest BCUT2D eigenvalue weighted by molar-refractivity contribution is 7.99.